The summed E-state index contributed by atoms with van der Waals surface area (Å²) in [6, 6.07) is 8.49. The number of hydrogen-bond acceptors (Lipinski definition) is 6. The Morgan fingerprint density at radius 2 is 2.03 bits per heavy atom. The number of carbonyl (C=O) groups excluding carboxylic acids is 1. The van der Waals surface area contributed by atoms with Crippen molar-refractivity contribution in [2.45, 2.75) is 38.2 Å². The molecule has 3 heterocycles. The Kier molecular flexibility index (Phi) is 5.97. The third kappa shape index (κ3) is 4.28. The lowest BCUT2D eigenvalue weighted by molar-refractivity contribution is -0.139. The van der Waals surface area contributed by atoms with Crippen molar-refractivity contribution >= 4 is 11.7 Å². The minimum Gasteiger partial charge on any atom is -0.493 e. The second-order valence-corrected chi connectivity index (χ2v) is 7.41. The molecule has 164 valence electrons. The number of aromatic nitrogens is 4. The summed E-state index contributed by atoms with van der Waals surface area (Å²) in [5.41, 5.74) is 0.237. The number of methoxy groups -OCH3 is 1. The molecule has 0 N–H and O–H groups in total. The molecule has 3 aromatic rings. The number of carbonyl (C=O) groups is 1. The van der Waals surface area contributed by atoms with Crippen LogP contribution in [0, 0.1) is 0 Å². The second-order valence-electron chi connectivity index (χ2n) is 7.41. The third-order valence-corrected chi connectivity index (χ3v) is 5.39. The van der Waals surface area contributed by atoms with Crippen molar-refractivity contribution in [2.75, 3.05) is 20.2 Å². The first-order valence-electron chi connectivity index (χ1n) is 10.0. The summed E-state index contributed by atoms with van der Waals surface area (Å²) in [6.45, 7) is 2.63. The Morgan fingerprint density at radius 1 is 1.26 bits per heavy atom. The van der Waals surface area contributed by atoms with Gasteiger partial charge in [0, 0.05) is 19.0 Å². The summed E-state index contributed by atoms with van der Waals surface area (Å²) < 4.78 is 39.1. The number of piperidine rings is 1. The van der Waals surface area contributed by atoms with Crippen LogP contribution in [0.5, 0.6) is 11.5 Å². The molecule has 0 saturated carbocycles. The zero-order chi connectivity index (χ0) is 22.0. The largest absolute Gasteiger partial charge is 0.493 e. The van der Waals surface area contributed by atoms with Gasteiger partial charge in [0.15, 0.2) is 17.6 Å². The number of nitrogens with zero attached hydrogens (tertiary/aromatic N) is 5. The van der Waals surface area contributed by atoms with E-state index in [-0.39, 0.29) is 23.3 Å². The van der Waals surface area contributed by atoms with E-state index in [0.29, 0.717) is 30.3 Å². The number of fused-ring (bicyclic) bond motifs is 1. The van der Waals surface area contributed by atoms with Crippen molar-refractivity contribution in [2.24, 2.45) is 0 Å². The monoisotopic (exact) mass is 431 g/mol. The lowest BCUT2D eigenvalue weighted by Crippen LogP contribution is -2.45. The van der Waals surface area contributed by atoms with Crippen LogP contribution in [0.1, 0.15) is 43.5 Å². The summed E-state index contributed by atoms with van der Waals surface area (Å²) >= 11 is 0. The molecule has 1 aromatic carbocycles. The van der Waals surface area contributed by atoms with Crippen LogP contribution in [0.3, 0.4) is 0 Å². The third-order valence-electron chi connectivity index (χ3n) is 5.39. The SMILES string of the molecule is COc1ccccc1O[C@@H](C)C(=O)N1CCC[C@H](c2cc(C(F)F)n3ncnc3n2)C1. The van der Waals surface area contributed by atoms with E-state index < -0.39 is 12.5 Å². The van der Waals surface area contributed by atoms with Gasteiger partial charge < -0.3 is 14.4 Å². The number of alkyl halides is 2. The van der Waals surface area contributed by atoms with Crippen molar-refractivity contribution < 1.29 is 23.0 Å². The molecule has 0 spiro atoms. The number of likely N-dealkylation sites (tertiary alicyclic amines) is 1. The van der Waals surface area contributed by atoms with E-state index in [2.05, 4.69) is 15.1 Å². The molecule has 8 nitrogen and oxygen atoms in total. The Balaban J connectivity index is 1.50. The van der Waals surface area contributed by atoms with Crippen LogP contribution in [0.25, 0.3) is 5.78 Å². The number of benzene rings is 1. The maximum atomic E-state index is 13.5. The van der Waals surface area contributed by atoms with E-state index in [0.717, 1.165) is 17.4 Å². The molecule has 0 radical (unpaired) electrons. The predicted octanol–water partition coefficient (Wildman–Crippen LogP) is 3.24. The average molecular weight is 431 g/mol. The van der Waals surface area contributed by atoms with Crippen molar-refractivity contribution in [1.29, 1.82) is 0 Å². The number of para-hydroxylation sites is 2. The molecule has 2 atom stereocenters. The zero-order valence-electron chi connectivity index (χ0n) is 17.2. The predicted molar refractivity (Wildman–Crippen MR) is 107 cm³/mol. The van der Waals surface area contributed by atoms with Crippen molar-refractivity contribution in [3.05, 3.63) is 48.0 Å². The highest BCUT2D eigenvalue weighted by Crippen LogP contribution is 2.30. The summed E-state index contributed by atoms with van der Waals surface area (Å²) in [4.78, 5) is 23.1. The summed E-state index contributed by atoms with van der Waals surface area (Å²) in [5.74, 6) is 0.816. The Morgan fingerprint density at radius 3 is 2.77 bits per heavy atom. The highest BCUT2D eigenvalue weighted by Gasteiger charge is 2.30. The molecule has 1 amide bonds. The van der Waals surface area contributed by atoms with E-state index in [9.17, 15) is 13.6 Å². The molecule has 0 bridgehead atoms. The van der Waals surface area contributed by atoms with E-state index in [1.165, 1.54) is 19.5 Å². The lowest BCUT2D eigenvalue weighted by Gasteiger charge is -2.34. The van der Waals surface area contributed by atoms with E-state index in [1.54, 1.807) is 30.0 Å². The van der Waals surface area contributed by atoms with Gasteiger partial charge in [0.1, 0.15) is 12.0 Å². The quantitative estimate of drug-likeness (QED) is 0.596. The van der Waals surface area contributed by atoms with Gasteiger partial charge in [-0.25, -0.2) is 13.8 Å². The maximum Gasteiger partial charge on any atom is 0.280 e. The first-order valence-corrected chi connectivity index (χ1v) is 10.0. The van der Waals surface area contributed by atoms with Gasteiger partial charge in [0.2, 0.25) is 0 Å². The number of amides is 1. The van der Waals surface area contributed by atoms with Crippen molar-refractivity contribution in [3.8, 4) is 11.5 Å². The molecule has 2 aromatic heterocycles. The fraction of sp³-hybridized carbons (Fsp3) is 0.429. The minimum atomic E-state index is -2.71. The molecular formula is C21H23F2N5O3. The Hall–Kier alpha value is -3.30. The smallest absolute Gasteiger partial charge is 0.280 e. The van der Waals surface area contributed by atoms with Gasteiger partial charge in [-0.05, 0) is 38.0 Å². The number of hydrogen-bond donors (Lipinski definition) is 0. The Bertz CT molecular complexity index is 1070. The van der Waals surface area contributed by atoms with Gasteiger partial charge in [-0.2, -0.15) is 14.6 Å². The number of ether oxygens (including phenoxy) is 2. The molecule has 1 aliphatic rings. The van der Waals surface area contributed by atoms with Crippen LogP contribution in [-0.2, 0) is 4.79 Å². The first-order chi connectivity index (χ1) is 15.0. The zero-order valence-corrected chi connectivity index (χ0v) is 17.2. The first kappa shape index (κ1) is 21.0. The van der Waals surface area contributed by atoms with Gasteiger partial charge in [-0.15, -0.1) is 0 Å². The molecular weight excluding hydrogens is 408 g/mol. The fourth-order valence-corrected chi connectivity index (χ4v) is 3.85. The molecule has 1 fully saturated rings. The van der Waals surface area contributed by atoms with Crippen LogP contribution < -0.4 is 9.47 Å². The van der Waals surface area contributed by atoms with Crippen LogP contribution in [0.4, 0.5) is 8.78 Å². The summed E-state index contributed by atoms with van der Waals surface area (Å²) in [5, 5.41) is 3.82. The molecule has 4 rings (SSSR count). The Labute approximate surface area is 177 Å². The number of halogens is 2. The van der Waals surface area contributed by atoms with E-state index >= 15 is 0 Å². The van der Waals surface area contributed by atoms with Crippen molar-refractivity contribution in [3.63, 3.8) is 0 Å². The molecule has 0 aliphatic carbocycles. The standard InChI is InChI=1S/C21H23F2N5O3/c1-13(31-18-8-4-3-7-17(18)30-2)20(29)27-9-5-6-14(11-27)15-10-16(19(22)23)28-21(26-15)24-12-25-28/h3-4,7-8,10,12-14,19H,5-6,9,11H2,1-2H3/t13-,14-/m0/s1. The van der Waals surface area contributed by atoms with Crippen LogP contribution >= 0.6 is 0 Å². The van der Waals surface area contributed by atoms with Crippen LogP contribution in [0.2, 0.25) is 0 Å². The van der Waals surface area contributed by atoms with E-state index in [1.807, 2.05) is 6.07 Å². The second kappa shape index (κ2) is 8.83. The van der Waals surface area contributed by atoms with Crippen LogP contribution in [-0.4, -0.2) is 56.7 Å². The molecule has 10 heteroatoms. The van der Waals surface area contributed by atoms with Gasteiger partial charge in [-0.3, -0.25) is 4.79 Å². The fourth-order valence-electron chi connectivity index (χ4n) is 3.85. The molecule has 1 aliphatic heterocycles. The summed E-state index contributed by atoms with van der Waals surface area (Å²) in [6.07, 6.45) is -0.751. The normalized spacial score (nSPS) is 17.7. The summed E-state index contributed by atoms with van der Waals surface area (Å²) in [7, 11) is 1.54. The highest BCUT2D eigenvalue weighted by molar-refractivity contribution is 5.81. The van der Waals surface area contributed by atoms with Crippen LogP contribution in [0.15, 0.2) is 36.7 Å². The van der Waals surface area contributed by atoms with Gasteiger partial charge in [0.05, 0.1) is 12.8 Å². The molecule has 31 heavy (non-hydrogen) atoms. The highest BCUT2D eigenvalue weighted by atomic mass is 19.3. The van der Waals surface area contributed by atoms with Gasteiger partial charge >= 0.3 is 0 Å². The van der Waals surface area contributed by atoms with E-state index in [4.69, 9.17) is 9.47 Å². The minimum absolute atomic E-state index is 0.129. The van der Waals surface area contributed by atoms with Gasteiger partial charge in [0.25, 0.3) is 18.1 Å². The average Bonchev–Trinajstić information content (AvgIpc) is 3.27. The van der Waals surface area contributed by atoms with Gasteiger partial charge in [-0.1, -0.05) is 12.1 Å². The molecule has 0 unspecified atom stereocenters. The lowest BCUT2D eigenvalue weighted by atomic mass is 9.93. The van der Waals surface area contributed by atoms with Crippen molar-refractivity contribution in [1.82, 2.24) is 24.5 Å². The maximum absolute atomic E-state index is 13.5. The molecule has 1 saturated heterocycles. The number of rotatable bonds is 6. The topological polar surface area (TPSA) is 81.9 Å².